The Morgan fingerprint density at radius 3 is 2.14 bits per heavy atom. The van der Waals surface area contributed by atoms with Gasteiger partial charge < -0.3 is 10.2 Å². The van der Waals surface area contributed by atoms with Gasteiger partial charge in [0.15, 0.2) is 0 Å². The van der Waals surface area contributed by atoms with Crippen LogP contribution in [0.2, 0.25) is 0 Å². The molecule has 1 aliphatic rings. The van der Waals surface area contributed by atoms with Crippen LogP contribution in [0.25, 0.3) is 0 Å². The first-order valence-corrected chi connectivity index (χ1v) is 10.7. The first-order chi connectivity index (χ1) is 13.6. The van der Waals surface area contributed by atoms with E-state index in [1.165, 1.54) is 0 Å². The molecular formula is C24H24INO2. The minimum Gasteiger partial charge on any atom is -0.508 e. The third-order valence-corrected chi connectivity index (χ3v) is 6.36. The topological polar surface area (TPSA) is 43.7 Å². The van der Waals surface area contributed by atoms with E-state index >= 15 is 0 Å². The molecule has 0 bridgehead atoms. The molecule has 0 spiro atoms. The molecule has 0 unspecified atom stereocenters. The van der Waals surface area contributed by atoms with Crippen LogP contribution in [0.1, 0.15) is 29.5 Å². The molecule has 0 aromatic heterocycles. The van der Waals surface area contributed by atoms with Crippen LogP contribution < -0.4 is 0 Å². The lowest BCUT2D eigenvalue weighted by Gasteiger charge is -2.40. The molecule has 3 aromatic carbocycles. The van der Waals surface area contributed by atoms with Crippen molar-refractivity contribution in [1.82, 2.24) is 4.90 Å². The normalized spacial score (nSPS) is 17.7. The van der Waals surface area contributed by atoms with Gasteiger partial charge in [-0.25, -0.2) is 0 Å². The van der Waals surface area contributed by atoms with Crippen LogP contribution in [0.4, 0.5) is 0 Å². The highest BCUT2D eigenvalue weighted by molar-refractivity contribution is 14.1. The Balaban J connectivity index is 1.74. The van der Waals surface area contributed by atoms with Gasteiger partial charge in [-0.2, -0.15) is 0 Å². The predicted molar refractivity (Wildman–Crippen MR) is 120 cm³/mol. The number of rotatable bonds is 5. The van der Waals surface area contributed by atoms with Gasteiger partial charge >= 0.3 is 0 Å². The quantitative estimate of drug-likeness (QED) is 0.506. The number of benzene rings is 3. The van der Waals surface area contributed by atoms with Crippen LogP contribution in [-0.2, 0) is 12.1 Å². The fourth-order valence-electron chi connectivity index (χ4n) is 4.32. The predicted octanol–water partition coefficient (Wildman–Crippen LogP) is 4.90. The molecule has 4 rings (SSSR count). The molecule has 4 heteroatoms. The van der Waals surface area contributed by atoms with Crippen LogP contribution >= 0.6 is 22.6 Å². The first-order valence-electron chi connectivity index (χ1n) is 9.64. The van der Waals surface area contributed by atoms with E-state index in [9.17, 15) is 10.2 Å². The molecule has 1 saturated heterocycles. The third kappa shape index (κ3) is 3.69. The fraction of sp³-hybridized carbons (Fsp3) is 0.250. The van der Waals surface area contributed by atoms with Gasteiger partial charge in [-0.05, 0) is 71.3 Å². The fourth-order valence-corrected chi connectivity index (χ4v) is 4.88. The molecule has 1 fully saturated rings. The minimum atomic E-state index is -1.10. The van der Waals surface area contributed by atoms with Crippen molar-refractivity contribution in [2.75, 3.05) is 6.54 Å². The second-order valence-corrected chi connectivity index (χ2v) is 8.65. The Morgan fingerprint density at radius 1 is 0.929 bits per heavy atom. The lowest BCUT2D eigenvalue weighted by atomic mass is 9.79. The van der Waals surface area contributed by atoms with Gasteiger partial charge in [-0.15, -0.1) is 0 Å². The number of phenols is 1. The second kappa shape index (κ2) is 8.23. The molecule has 0 amide bonds. The van der Waals surface area contributed by atoms with Gasteiger partial charge in [0.25, 0.3) is 0 Å². The van der Waals surface area contributed by atoms with E-state index in [0.29, 0.717) is 12.3 Å². The van der Waals surface area contributed by atoms with Gasteiger partial charge in [0, 0.05) is 21.7 Å². The zero-order valence-corrected chi connectivity index (χ0v) is 17.8. The Bertz CT molecular complexity index is 890. The van der Waals surface area contributed by atoms with Crippen molar-refractivity contribution in [2.45, 2.75) is 31.0 Å². The summed E-state index contributed by atoms with van der Waals surface area (Å²) in [6.45, 7) is 1.52. The van der Waals surface area contributed by atoms with Gasteiger partial charge in [0.05, 0.1) is 0 Å². The van der Waals surface area contributed by atoms with Crippen molar-refractivity contribution >= 4 is 22.6 Å². The van der Waals surface area contributed by atoms with Gasteiger partial charge in [-0.1, -0.05) is 60.7 Å². The van der Waals surface area contributed by atoms with Crippen molar-refractivity contribution in [3.05, 3.63) is 99.1 Å². The van der Waals surface area contributed by atoms with Crippen molar-refractivity contribution < 1.29 is 10.2 Å². The number of aliphatic hydroxyl groups is 1. The molecule has 1 aliphatic heterocycles. The molecule has 1 heterocycles. The summed E-state index contributed by atoms with van der Waals surface area (Å²) in [5.41, 5.74) is 1.62. The summed E-state index contributed by atoms with van der Waals surface area (Å²) in [6, 6.07) is 25.5. The number of aromatic hydroxyl groups is 1. The van der Waals surface area contributed by atoms with Gasteiger partial charge in [0.1, 0.15) is 11.4 Å². The van der Waals surface area contributed by atoms with Crippen molar-refractivity contribution in [3.63, 3.8) is 0 Å². The summed E-state index contributed by atoms with van der Waals surface area (Å²) in [7, 11) is 0. The lowest BCUT2D eigenvalue weighted by molar-refractivity contribution is -0.00672. The van der Waals surface area contributed by atoms with Crippen molar-refractivity contribution in [3.8, 4) is 5.75 Å². The average molecular weight is 485 g/mol. The lowest BCUT2D eigenvalue weighted by Crippen LogP contribution is -2.48. The largest absolute Gasteiger partial charge is 0.508 e. The van der Waals surface area contributed by atoms with Crippen LogP contribution in [0.15, 0.2) is 78.9 Å². The average Bonchev–Trinajstić information content (AvgIpc) is 3.20. The van der Waals surface area contributed by atoms with E-state index in [0.717, 1.165) is 39.6 Å². The van der Waals surface area contributed by atoms with Crippen molar-refractivity contribution in [1.29, 1.82) is 0 Å². The number of hydrogen-bond donors (Lipinski definition) is 2. The smallest absolute Gasteiger partial charge is 0.130 e. The highest BCUT2D eigenvalue weighted by atomic mass is 127. The number of hydrogen-bond acceptors (Lipinski definition) is 3. The van der Waals surface area contributed by atoms with Crippen molar-refractivity contribution in [2.24, 2.45) is 0 Å². The van der Waals surface area contributed by atoms with E-state index in [1.54, 1.807) is 6.07 Å². The second-order valence-electron chi connectivity index (χ2n) is 7.40. The Hall–Kier alpha value is -1.89. The number of likely N-dealkylation sites (tertiary alicyclic amines) is 1. The molecule has 1 atom stereocenters. The monoisotopic (exact) mass is 485 g/mol. The Morgan fingerprint density at radius 2 is 1.54 bits per heavy atom. The maximum Gasteiger partial charge on any atom is 0.130 e. The highest BCUT2D eigenvalue weighted by Crippen LogP contribution is 2.41. The van der Waals surface area contributed by atoms with Crippen LogP contribution in [-0.4, -0.2) is 27.7 Å². The number of halogens is 1. The summed E-state index contributed by atoms with van der Waals surface area (Å²) in [5, 5.41) is 22.4. The van der Waals surface area contributed by atoms with Crippen LogP contribution in [0.5, 0.6) is 5.75 Å². The van der Waals surface area contributed by atoms with E-state index in [-0.39, 0.29) is 6.04 Å². The maximum absolute atomic E-state index is 12.1. The minimum absolute atomic E-state index is 0.0606. The molecule has 144 valence electrons. The first kappa shape index (κ1) is 19.4. The molecule has 0 saturated carbocycles. The number of nitrogens with zero attached hydrogens (tertiary/aromatic N) is 1. The summed E-state index contributed by atoms with van der Waals surface area (Å²) in [4.78, 5) is 2.31. The zero-order chi connectivity index (χ0) is 19.6. The van der Waals surface area contributed by atoms with Crippen LogP contribution in [0.3, 0.4) is 0 Å². The van der Waals surface area contributed by atoms with E-state index < -0.39 is 5.60 Å². The molecule has 3 nitrogen and oxygen atoms in total. The number of phenolic OH excluding ortho intramolecular Hbond substituents is 1. The van der Waals surface area contributed by atoms with Gasteiger partial charge in [-0.3, -0.25) is 4.90 Å². The molecule has 0 radical (unpaired) electrons. The summed E-state index contributed by atoms with van der Waals surface area (Å²) < 4.78 is 1.10. The summed E-state index contributed by atoms with van der Waals surface area (Å²) in [5.74, 6) is 0.314. The molecule has 3 aromatic rings. The molecule has 0 aliphatic carbocycles. The summed E-state index contributed by atoms with van der Waals surface area (Å²) in [6.07, 6.45) is 1.93. The van der Waals surface area contributed by atoms with E-state index in [4.69, 9.17) is 0 Å². The van der Waals surface area contributed by atoms with Crippen LogP contribution in [0, 0.1) is 3.57 Å². The highest BCUT2D eigenvalue weighted by Gasteiger charge is 2.45. The Labute approximate surface area is 179 Å². The van der Waals surface area contributed by atoms with Gasteiger partial charge in [0.2, 0.25) is 0 Å². The molecular weight excluding hydrogens is 461 g/mol. The third-order valence-electron chi connectivity index (χ3n) is 5.69. The Kier molecular flexibility index (Phi) is 5.71. The van der Waals surface area contributed by atoms with E-state index in [1.807, 2.05) is 72.8 Å². The summed E-state index contributed by atoms with van der Waals surface area (Å²) >= 11 is 2.27. The van der Waals surface area contributed by atoms with E-state index in [2.05, 4.69) is 27.5 Å². The SMILES string of the molecule is Oc1ccc(I)cc1CN1CCC[C@@H]1C(O)(c1ccccc1)c1ccccc1. The maximum atomic E-state index is 12.1. The molecule has 2 N–H and O–H groups in total. The zero-order valence-electron chi connectivity index (χ0n) is 15.6. The standard InChI is InChI=1S/C24H24INO2/c25-21-13-14-22(27)18(16-21)17-26-15-7-12-23(26)24(28,19-8-3-1-4-9-19)20-10-5-2-6-11-20/h1-6,8-11,13-14,16,23,27-28H,7,12,15,17H2/t23-/m1/s1. The molecule has 28 heavy (non-hydrogen) atoms.